The molecular weight excluding hydrogens is 468 g/mol. The first-order chi connectivity index (χ1) is 16.3. The van der Waals surface area contributed by atoms with E-state index in [-0.39, 0.29) is 0 Å². The summed E-state index contributed by atoms with van der Waals surface area (Å²) < 4.78 is 3.40. The summed E-state index contributed by atoms with van der Waals surface area (Å²) in [7, 11) is 0. The fourth-order valence-electron chi connectivity index (χ4n) is 4.81. The van der Waals surface area contributed by atoms with Gasteiger partial charge in [0, 0.05) is 15.4 Å². The van der Waals surface area contributed by atoms with Crippen LogP contribution in [0.2, 0.25) is 0 Å². The maximum atomic E-state index is 5.21. The predicted octanol–water partition coefficient (Wildman–Crippen LogP) is 8.31. The van der Waals surface area contributed by atoms with E-state index >= 15 is 0 Å². The van der Waals surface area contributed by atoms with Gasteiger partial charge in [-0.2, -0.15) is 0 Å². The van der Waals surface area contributed by atoms with Crippen LogP contribution in [0.25, 0.3) is 39.6 Å². The second-order valence-electron chi connectivity index (χ2n) is 8.48. The molecule has 3 heteroatoms. The van der Waals surface area contributed by atoms with Crippen molar-refractivity contribution in [2.45, 2.75) is 19.3 Å². The first-order valence-corrected chi connectivity index (χ1v) is 12.2. The summed E-state index contributed by atoms with van der Waals surface area (Å²) >= 11 is 3.69. The molecule has 6 rings (SSSR count). The van der Waals surface area contributed by atoms with E-state index in [0.717, 1.165) is 40.8 Å². The largest absolute Gasteiger partial charge is 0.294 e. The highest BCUT2D eigenvalue weighted by molar-refractivity contribution is 9.10. The molecule has 0 saturated carbocycles. The maximum absolute atomic E-state index is 5.21. The summed E-state index contributed by atoms with van der Waals surface area (Å²) in [6.45, 7) is 0. The average Bonchev–Trinajstić information content (AvgIpc) is 2.99. The molecular formula is C30H23BrN2. The molecule has 0 bridgehead atoms. The molecule has 0 radical (unpaired) electrons. The quantitative estimate of drug-likeness (QED) is 0.282. The van der Waals surface area contributed by atoms with E-state index < -0.39 is 0 Å². The topological polar surface area (TPSA) is 17.8 Å². The Morgan fingerprint density at radius 2 is 1.76 bits per heavy atom. The van der Waals surface area contributed by atoms with E-state index in [1.807, 2.05) is 0 Å². The van der Waals surface area contributed by atoms with Crippen molar-refractivity contribution in [3.8, 4) is 17.1 Å². The van der Waals surface area contributed by atoms with Gasteiger partial charge in [0.25, 0.3) is 0 Å². The monoisotopic (exact) mass is 490 g/mol. The van der Waals surface area contributed by atoms with Gasteiger partial charge < -0.3 is 0 Å². The Morgan fingerprint density at radius 3 is 2.61 bits per heavy atom. The van der Waals surface area contributed by atoms with Crippen molar-refractivity contribution in [3.63, 3.8) is 0 Å². The van der Waals surface area contributed by atoms with Gasteiger partial charge in [-0.25, -0.2) is 4.98 Å². The summed E-state index contributed by atoms with van der Waals surface area (Å²) in [5.74, 6) is 0.956. The number of halogens is 1. The van der Waals surface area contributed by atoms with Crippen LogP contribution in [0.4, 0.5) is 0 Å². The highest BCUT2D eigenvalue weighted by atomic mass is 79.9. The fraction of sp³-hybridized carbons (Fsp3) is 0.100. The van der Waals surface area contributed by atoms with Gasteiger partial charge in [0.15, 0.2) is 0 Å². The highest BCUT2D eigenvalue weighted by Crippen LogP contribution is 2.36. The van der Waals surface area contributed by atoms with Crippen LogP contribution in [0.15, 0.2) is 102 Å². The van der Waals surface area contributed by atoms with E-state index in [2.05, 4.69) is 124 Å². The number of nitrogens with zero attached hydrogens (tertiary/aromatic N) is 2. The van der Waals surface area contributed by atoms with Gasteiger partial charge in [0.1, 0.15) is 5.82 Å². The molecule has 2 aliphatic rings. The molecule has 2 heterocycles. The van der Waals surface area contributed by atoms with Crippen molar-refractivity contribution >= 4 is 38.5 Å². The lowest BCUT2D eigenvalue weighted by molar-refractivity contribution is 1.01. The highest BCUT2D eigenvalue weighted by Gasteiger charge is 2.19. The van der Waals surface area contributed by atoms with Gasteiger partial charge in [-0.3, -0.25) is 4.57 Å². The molecule has 2 aromatic carbocycles. The van der Waals surface area contributed by atoms with Crippen LogP contribution in [0, 0.1) is 0 Å². The lowest BCUT2D eigenvalue weighted by Gasteiger charge is -2.16. The van der Waals surface area contributed by atoms with Crippen LogP contribution in [0.1, 0.15) is 29.7 Å². The summed E-state index contributed by atoms with van der Waals surface area (Å²) in [6.07, 6.45) is 18.4. The van der Waals surface area contributed by atoms with Crippen LogP contribution in [-0.2, 0) is 6.42 Å². The zero-order valence-corrected chi connectivity index (χ0v) is 19.8. The minimum Gasteiger partial charge on any atom is -0.294 e. The van der Waals surface area contributed by atoms with Gasteiger partial charge in [-0.15, -0.1) is 0 Å². The number of allylic oxidation sites excluding steroid dienone is 7. The van der Waals surface area contributed by atoms with Gasteiger partial charge in [0.2, 0.25) is 0 Å². The van der Waals surface area contributed by atoms with Crippen molar-refractivity contribution in [3.05, 3.63) is 118 Å². The Labute approximate surface area is 202 Å². The lowest BCUT2D eigenvalue weighted by Crippen LogP contribution is -2.03. The Morgan fingerprint density at radius 1 is 0.848 bits per heavy atom. The molecule has 0 N–H and O–H groups in total. The minimum absolute atomic E-state index is 0.911. The molecule has 2 aliphatic carbocycles. The summed E-state index contributed by atoms with van der Waals surface area (Å²) in [5, 5.41) is 1.28. The van der Waals surface area contributed by atoms with E-state index in [1.165, 1.54) is 33.3 Å². The van der Waals surface area contributed by atoms with Crippen LogP contribution in [0.3, 0.4) is 0 Å². The van der Waals surface area contributed by atoms with Crippen molar-refractivity contribution in [2.75, 3.05) is 0 Å². The zero-order chi connectivity index (χ0) is 22.2. The number of pyridine rings is 1. The van der Waals surface area contributed by atoms with Crippen LogP contribution >= 0.6 is 15.9 Å². The molecule has 4 aromatic rings. The minimum atomic E-state index is 0.911. The van der Waals surface area contributed by atoms with Crippen molar-refractivity contribution < 1.29 is 0 Å². The van der Waals surface area contributed by atoms with Crippen molar-refractivity contribution in [1.82, 2.24) is 9.55 Å². The number of benzene rings is 2. The molecule has 0 fully saturated rings. The third kappa shape index (κ3) is 3.73. The number of rotatable bonds is 3. The number of hydrogen-bond donors (Lipinski definition) is 0. The molecule has 0 aliphatic heterocycles. The first kappa shape index (κ1) is 20.2. The van der Waals surface area contributed by atoms with Crippen LogP contribution in [0.5, 0.6) is 0 Å². The zero-order valence-electron chi connectivity index (χ0n) is 18.2. The molecule has 0 spiro atoms. The predicted molar refractivity (Wildman–Crippen MR) is 142 cm³/mol. The summed E-state index contributed by atoms with van der Waals surface area (Å²) in [4.78, 5) is 5.21. The standard InChI is InChI=1S/C30H23BrN2/c31-24-16-17-26-25-14-8-3-9-15-28(25)33(29(26)20-24)30-19-23(21-10-4-1-5-11-21)18-27(32-30)22-12-6-2-7-13-22/h1-4,6-10,12-13,15-20H,5,11,14H2. The Balaban J connectivity index is 1.66. The van der Waals surface area contributed by atoms with Gasteiger partial charge in [0.05, 0.1) is 16.9 Å². The van der Waals surface area contributed by atoms with Crippen LogP contribution < -0.4 is 0 Å². The number of hydrogen-bond acceptors (Lipinski definition) is 1. The molecule has 0 amide bonds. The molecule has 2 nitrogen and oxygen atoms in total. The molecule has 0 saturated heterocycles. The Hall–Kier alpha value is -3.43. The SMILES string of the molecule is Brc1ccc2c3c(n(-c4cc(C5=CC=CCC5)cc(-c5ccccc5)n4)c2c1)C=CC=CC3. The van der Waals surface area contributed by atoms with Gasteiger partial charge in [-0.05, 0) is 66.3 Å². The molecule has 33 heavy (non-hydrogen) atoms. The Bertz CT molecular complexity index is 1480. The third-order valence-corrected chi connectivity index (χ3v) is 6.89. The third-order valence-electron chi connectivity index (χ3n) is 6.39. The number of fused-ring (bicyclic) bond motifs is 3. The first-order valence-electron chi connectivity index (χ1n) is 11.4. The average molecular weight is 491 g/mol. The second-order valence-corrected chi connectivity index (χ2v) is 9.39. The summed E-state index contributed by atoms with van der Waals surface area (Å²) in [5.41, 5.74) is 8.46. The second kappa shape index (κ2) is 8.49. The Kier molecular flexibility index (Phi) is 5.20. The van der Waals surface area contributed by atoms with Gasteiger partial charge in [-0.1, -0.05) is 88.8 Å². The van der Waals surface area contributed by atoms with E-state index in [1.54, 1.807) is 0 Å². The van der Waals surface area contributed by atoms with E-state index in [0.29, 0.717) is 0 Å². The summed E-state index contributed by atoms with van der Waals surface area (Å²) in [6, 6.07) is 21.5. The lowest BCUT2D eigenvalue weighted by atomic mass is 9.96. The van der Waals surface area contributed by atoms with Crippen LogP contribution in [-0.4, -0.2) is 9.55 Å². The fourth-order valence-corrected chi connectivity index (χ4v) is 5.16. The molecule has 0 unspecified atom stereocenters. The molecule has 2 aromatic heterocycles. The molecule has 0 atom stereocenters. The maximum Gasteiger partial charge on any atom is 0.138 e. The van der Waals surface area contributed by atoms with Crippen molar-refractivity contribution in [1.29, 1.82) is 0 Å². The van der Waals surface area contributed by atoms with Crippen molar-refractivity contribution in [2.24, 2.45) is 0 Å². The smallest absolute Gasteiger partial charge is 0.138 e. The van der Waals surface area contributed by atoms with E-state index in [4.69, 9.17) is 4.98 Å². The van der Waals surface area contributed by atoms with Gasteiger partial charge >= 0.3 is 0 Å². The normalized spacial score (nSPS) is 14.9. The number of aromatic nitrogens is 2. The molecule has 160 valence electrons. The van der Waals surface area contributed by atoms with E-state index in [9.17, 15) is 0 Å².